The van der Waals surface area contributed by atoms with Crippen LogP contribution in [0.5, 0.6) is 0 Å². The van der Waals surface area contributed by atoms with Gasteiger partial charge in [0.05, 0.1) is 12.0 Å². The van der Waals surface area contributed by atoms with Gasteiger partial charge in [0.2, 0.25) is 0 Å². The van der Waals surface area contributed by atoms with Gasteiger partial charge in [0.1, 0.15) is 11.7 Å². The van der Waals surface area contributed by atoms with Gasteiger partial charge in [0.15, 0.2) is 0 Å². The van der Waals surface area contributed by atoms with Crippen molar-refractivity contribution in [1.82, 2.24) is 4.90 Å². The number of benzene rings is 1. The number of carbonyl (C=O) groups excluding carboxylic acids is 1. The summed E-state index contributed by atoms with van der Waals surface area (Å²) >= 11 is 0. The van der Waals surface area contributed by atoms with Crippen LogP contribution in [0.3, 0.4) is 0 Å². The van der Waals surface area contributed by atoms with E-state index in [2.05, 4.69) is 35.1 Å². The Morgan fingerprint density at radius 1 is 1.45 bits per heavy atom. The van der Waals surface area contributed by atoms with Gasteiger partial charge in [-0.25, -0.2) is 4.99 Å². The highest BCUT2D eigenvalue weighted by Crippen LogP contribution is 2.42. The molecule has 0 saturated heterocycles. The van der Waals surface area contributed by atoms with Crippen molar-refractivity contribution in [3.8, 4) is 0 Å². The summed E-state index contributed by atoms with van der Waals surface area (Å²) in [6.45, 7) is 5.22. The molecule has 2 aliphatic rings. The first-order valence-electron chi connectivity index (χ1n) is 6.77. The lowest BCUT2D eigenvalue weighted by molar-refractivity contribution is -0.114. The zero-order valence-corrected chi connectivity index (χ0v) is 11.6. The molecule has 0 radical (unpaired) electrons. The molecule has 0 saturated carbocycles. The van der Waals surface area contributed by atoms with Gasteiger partial charge in [-0.2, -0.15) is 0 Å². The lowest BCUT2D eigenvalue weighted by Crippen LogP contribution is -2.33. The predicted octanol–water partition coefficient (Wildman–Crippen LogP) is 1.85. The summed E-state index contributed by atoms with van der Waals surface area (Å²) in [6, 6.07) is 7.95. The standard InChI is InChI=1S/C15H18N4O/c1-9(2)7-19-8-17-12-13(15(16)20)18-11-6-4-3-5-10(11)14(12)19/h3-6,8-9,14,18H,7H2,1-2H3,(H2,16,20). The number of carbonyl (C=O) groups is 1. The summed E-state index contributed by atoms with van der Waals surface area (Å²) in [5.74, 6) is 0.0444. The number of nitrogens with one attached hydrogen (secondary N) is 1. The number of nitrogens with zero attached hydrogens (tertiary/aromatic N) is 2. The second-order valence-corrected chi connectivity index (χ2v) is 5.57. The van der Waals surface area contributed by atoms with Gasteiger partial charge in [-0.05, 0) is 12.0 Å². The maximum atomic E-state index is 11.6. The zero-order valence-electron chi connectivity index (χ0n) is 11.6. The number of primary amides is 1. The Morgan fingerprint density at radius 2 is 2.20 bits per heavy atom. The van der Waals surface area contributed by atoms with E-state index in [4.69, 9.17) is 5.73 Å². The minimum atomic E-state index is -0.469. The molecule has 0 fully saturated rings. The molecule has 0 aliphatic carbocycles. The van der Waals surface area contributed by atoms with Crippen LogP contribution in [0, 0.1) is 5.92 Å². The van der Waals surface area contributed by atoms with Gasteiger partial charge in [-0.15, -0.1) is 0 Å². The summed E-state index contributed by atoms with van der Waals surface area (Å²) in [4.78, 5) is 18.2. The summed E-state index contributed by atoms with van der Waals surface area (Å²) in [7, 11) is 0. The van der Waals surface area contributed by atoms with Crippen molar-refractivity contribution in [1.29, 1.82) is 0 Å². The van der Waals surface area contributed by atoms with Crippen LogP contribution >= 0.6 is 0 Å². The Bertz CT molecular complexity index is 618. The van der Waals surface area contributed by atoms with E-state index in [9.17, 15) is 4.79 Å². The first kappa shape index (κ1) is 12.7. The quantitative estimate of drug-likeness (QED) is 0.880. The molecule has 20 heavy (non-hydrogen) atoms. The molecule has 0 bridgehead atoms. The number of anilines is 1. The molecular formula is C15H18N4O. The predicted molar refractivity (Wildman–Crippen MR) is 79.1 cm³/mol. The largest absolute Gasteiger partial charge is 0.364 e. The average Bonchev–Trinajstić information content (AvgIpc) is 2.81. The van der Waals surface area contributed by atoms with Crippen LogP contribution in [-0.4, -0.2) is 23.7 Å². The third kappa shape index (κ3) is 1.95. The highest BCUT2D eigenvalue weighted by atomic mass is 16.1. The van der Waals surface area contributed by atoms with Crippen LogP contribution in [0.4, 0.5) is 5.69 Å². The minimum absolute atomic E-state index is 0.0163. The van der Waals surface area contributed by atoms with Crippen LogP contribution in [0.15, 0.2) is 40.7 Å². The Kier molecular flexibility index (Phi) is 2.97. The molecule has 104 valence electrons. The number of hydrogen-bond donors (Lipinski definition) is 2. The fourth-order valence-electron chi connectivity index (χ4n) is 2.77. The first-order valence-corrected chi connectivity index (χ1v) is 6.77. The number of hydrogen-bond acceptors (Lipinski definition) is 4. The van der Waals surface area contributed by atoms with Gasteiger partial charge in [0.25, 0.3) is 5.91 Å². The van der Waals surface area contributed by atoms with E-state index >= 15 is 0 Å². The van der Waals surface area contributed by atoms with Crippen LogP contribution < -0.4 is 11.1 Å². The summed E-state index contributed by atoms with van der Waals surface area (Å²) < 4.78 is 0. The van der Waals surface area contributed by atoms with Crippen molar-refractivity contribution in [2.24, 2.45) is 16.6 Å². The molecule has 3 rings (SSSR count). The van der Waals surface area contributed by atoms with Crippen molar-refractivity contribution in [3.63, 3.8) is 0 Å². The number of para-hydroxylation sites is 1. The molecule has 0 aromatic heterocycles. The Labute approximate surface area is 118 Å². The monoisotopic (exact) mass is 270 g/mol. The van der Waals surface area contributed by atoms with Crippen molar-refractivity contribution < 1.29 is 4.79 Å². The molecule has 5 nitrogen and oxygen atoms in total. The van der Waals surface area contributed by atoms with Gasteiger partial charge >= 0.3 is 0 Å². The molecule has 1 unspecified atom stereocenters. The SMILES string of the molecule is CC(C)CN1C=NC2=C(C(N)=O)Nc3ccccc3C21. The highest BCUT2D eigenvalue weighted by Gasteiger charge is 2.36. The van der Waals surface area contributed by atoms with Gasteiger partial charge in [-0.3, -0.25) is 4.79 Å². The van der Waals surface area contributed by atoms with Crippen molar-refractivity contribution in [3.05, 3.63) is 41.2 Å². The van der Waals surface area contributed by atoms with Crippen molar-refractivity contribution in [2.45, 2.75) is 19.9 Å². The van der Waals surface area contributed by atoms with Crippen molar-refractivity contribution >= 4 is 17.9 Å². The van der Waals surface area contributed by atoms with Crippen LogP contribution in [0.25, 0.3) is 0 Å². The number of nitrogens with two attached hydrogens (primary N) is 1. The van der Waals surface area contributed by atoms with E-state index in [1.54, 1.807) is 0 Å². The van der Waals surface area contributed by atoms with Gasteiger partial charge in [0, 0.05) is 17.8 Å². The Balaban J connectivity index is 2.08. The Morgan fingerprint density at radius 3 is 2.90 bits per heavy atom. The van der Waals surface area contributed by atoms with Crippen molar-refractivity contribution in [2.75, 3.05) is 11.9 Å². The van der Waals surface area contributed by atoms with E-state index in [0.29, 0.717) is 11.6 Å². The fraction of sp³-hybridized carbons (Fsp3) is 0.333. The molecule has 2 aliphatic heterocycles. The fourth-order valence-corrected chi connectivity index (χ4v) is 2.77. The molecule has 1 aromatic carbocycles. The van der Waals surface area contributed by atoms with E-state index in [1.165, 1.54) is 0 Å². The maximum absolute atomic E-state index is 11.6. The maximum Gasteiger partial charge on any atom is 0.267 e. The van der Waals surface area contributed by atoms with Crippen LogP contribution in [0.1, 0.15) is 25.5 Å². The summed E-state index contributed by atoms with van der Waals surface area (Å²) in [5, 5.41) is 3.11. The van der Waals surface area contributed by atoms with E-state index in [-0.39, 0.29) is 6.04 Å². The molecule has 3 N–H and O–H groups in total. The molecular weight excluding hydrogens is 252 g/mol. The molecule has 0 spiro atoms. The first-order chi connectivity index (χ1) is 9.58. The van der Waals surface area contributed by atoms with Gasteiger partial charge in [-0.1, -0.05) is 32.0 Å². The number of amides is 1. The number of aliphatic imine (C=N–C) groups is 1. The van der Waals surface area contributed by atoms with Gasteiger partial charge < -0.3 is 16.0 Å². The highest BCUT2D eigenvalue weighted by molar-refractivity contribution is 5.98. The van der Waals surface area contributed by atoms with E-state index in [1.807, 2.05) is 24.5 Å². The third-order valence-electron chi connectivity index (χ3n) is 3.53. The minimum Gasteiger partial charge on any atom is -0.364 e. The normalized spacial score (nSPS) is 19.9. The lowest BCUT2D eigenvalue weighted by Gasteiger charge is -2.32. The second-order valence-electron chi connectivity index (χ2n) is 5.57. The number of rotatable bonds is 3. The third-order valence-corrected chi connectivity index (χ3v) is 3.53. The van der Waals surface area contributed by atoms with Crippen LogP contribution in [0.2, 0.25) is 0 Å². The molecule has 1 amide bonds. The summed E-state index contributed by atoms with van der Waals surface area (Å²) in [5.41, 5.74) is 8.65. The molecule has 1 atom stereocenters. The average molecular weight is 270 g/mol. The topological polar surface area (TPSA) is 70.7 Å². The molecule has 1 aromatic rings. The van der Waals surface area contributed by atoms with Crippen LogP contribution in [-0.2, 0) is 4.79 Å². The van der Waals surface area contributed by atoms with E-state index < -0.39 is 5.91 Å². The smallest absolute Gasteiger partial charge is 0.267 e. The Hall–Kier alpha value is -2.30. The lowest BCUT2D eigenvalue weighted by atomic mass is 9.95. The molecule has 2 heterocycles. The van der Waals surface area contributed by atoms with E-state index in [0.717, 1.165) is 23.5 Å². The number of fused-ring (bicyclic) bond motifs is 3. The molecule has 5 heteroatoms. The zero-order chi connectivity index (χ0) is 14.3. The second kappa shape index (κ2) is 4.67. The summed E-state index contributed by atoms with van der Waals surface area (Å²) in [6.07, 6.45) is 1.81.